The van der Waals surface area contributed by atoms with Crippen molar-refractivity contribution in [3.8, 4) is 5.75 Å². The Kier molecular flexibility index (Phi) is 5.72. The molecular weight excluding hydrogens is 254 g/mol. The highest BCUT2D eigenvalue weighted by Gasteiger charge is 2.02. The van der Waals surface area contributed by atoms with Gasteiger partial charge in [0.25, 0.3) is 0 Å². The minimum absolute atomic E-state index is 0.247. The van der Waals surface area contributed by atoms with Crippen molar-refractivity contribution >= 4 is 29.1 Å². The fourth-order valence-electron chi connectivity index (χ4n) is 1.14. The van der Waals surface area contributed by atoms with Gasteiger partial charge < -0.3 is 14.8 Å². The summed E-state index contributed by atoms with van der Waals surface area (Å²) in [6.45, 7) is 2.01. The van der Waals surface area contributed by atoms with Crippen LogP contribution in [0.2, 0.25) is 0 Å². The molecule has 0 radical (unpaired) electrons. The normalized spacial score (nSPS) is 9.22. The number of amides is 1. The average molecular weight is 269 g/mol. The van der Waals surface area contributed by atoms with Crippen LogP contribution in [0, 0.1) is 0 Å². The topological polar surface area (TPSA) is 71.6 Å². The number of hydrogen-bond donors (Lipinski definition) is 3. The molecule has 0 saturated heterocycles. The van der Waals surface area contributed by atoms with Gasteiger partial charge in [-0.05, 0) is 31.3 Å². The Morgan fingerprint density at radius 1 is 1.39 bits per heavy atom. The molecule has 18 heavy (non-hydrogen) atoms. The number of carbonyl (C=O) groups is 1. The highest BCUT2D eigenvalue weighted by Crippen LogP contribution is 2.16. The maximum Gasteiger partial charge on any atom is 0.425 e. The lowest BCUT2D eigenvalue weighted by Crippen LogP contribution is -2.44. The van der Waals surface area contributed by atoms with Crippen molar-refractivity contribution in [1.29, 1.82) is 0 Å². The molecule has 0 fully saturated rings. The van der Waals surface area contributed by atoms with Gasteiger partial charge in [-0.25, -0.2) is 10.2 Å². The number of anilines is 1. The average Bonchev–Trinajstić information content (AvgIpc) is 2.37. The molecule has 0 aliphatic heterocycles. The number of carbonyl (C=O) groups excluding carboxylic acids is 1. The van der Waals surface area contributed by atoms with Crippen LogP contribution in [0.15, 0.2) is 24.3 Å². The third-order valence-electron chi connectivity index (χ3n) is 1.88. The van der Waals surface area contributed by atoms with Crippen molar-refractivity contribution in [3.05, 3.63) is 24.3 Å². The molecule has 0 bridgehead atoms. The van der Waals surface area contributed by atoms with E-state index >= 15 is 0 Å². The molecule has 1 rings (SSSR count). The number of thiocarbonyl (C=S) groups is 1. The van der Waals surface area contributed by atoms with Crippen LogP contribution < -0.4 is 20.9 Å². The van der Waals surface area contributed by atoms with Crippen LogP contribution in [0.4, 0.5) is 10.5 Å². The Balaban J connectivity index is 2.42. The van der Waals surface area contributed by atoms with E-state index in [-0.39, 0.29) is 5.11 Å². The second-order valence-corrected chi connectivity index (χ2v) is 3.56. The number of hydrogen-bond acceptors (Lipinski definition) is 4. The lowest BCUT2D eigenvalue weighted by Gasteiger charge is -2.11. The molecule has 3 N–H and O–H groups in total. The standard InChI is InChI=1S/C11H15N3O3S/c1-3-17-11(15)14-13-10(18)12-8-5-4-6-9(7-8)16-2/h4-7H,3H2,1-2H3,(H,14,15)(H2,12,13,18). The number of ether oxygens (including phenoxy) is 2. The van der Waals surface area contributed by atoms with Crippen LogP contribution >= 0.6 is 12.2 Å². The van der Waals surface area contributed by atoms with Crippen molar-refractivity contribution in [2.24, 2.45) is 0 Å². The molecular formula is C11H15N3O3S. The minimum Gasteiger partial charge on any atom is -0.497 e. The van der Waals surface area contributed by atoms with Crippen LogP contribution in [0.1, 0.15) is 6.92 Å². The Morgan fingerprint density at radius 3 is 2.83 bits per heavy atom. The first-order chi connectivity index (χ1) is 8.65. The molecule has 0 atom stereocenters. The van der Waals surface area contributed by atoms with Gasteiger partial charge in [0.15, 0.2) is 5.11 Å². The molecule has 0 unspecified atom stereocenters. The molecule has 0 spiro atoms. The molecule has 98 valence electrons. The summed E-state index contributed by atoms with van der Waals surface area (Å²) in [6.07, 6.45) is -0.590. The fraction of sp³-hybridized carbons (Fsp3) is 0.273. The van der Waals surface area contributed by atoms with Crippen molar-refractivity contribution in [1.82, 2.24) is 10.9 Å². The molecule has 1 aromatic rings. The van der Waals surface area contributed by atoms with E-state index in [1.807, 2.05) is 18.2 Å². The number of hydrazine groups is 1. The molecule has 0 aliphatic rings. The predicted molar refractivity (Wildman–Crippen MR) is 72.5 cm³/mol. The van der Waals surface area contributed by atoms with Crippen molar-refractivity contribution in [3.63, 3.8) is 0 Å². The van der Waals surface area contributed by atoms with Gasteiger partial charge in [0.1, 0.15) is 5.75 Å². The smallest absolute Gasteiger partial charge is 0.425 e. The van der Waals surface area contributed by atoms with E-state index < -0.39 is 6.09 Å². The largest absolute Gasteiger partial charge is 0.497 e. The van der Waals surface area contributed by atoms with Crippen LogP contribution in [-0.4, -0.2) is 24.9 Å². The molecule has 1 aromatic carbocycles. The van der Waals surface area contributed by atoms with Crippen molar-refractivity contribution in [2.75, 3.05) is 19.0 Å². The number of nitrogens with one attached hydrogen (secondary N) is 3. The Labute approximate surface area is 111 Å². The highest BCUT2D eigenvalue weighted by atomic mass is 32.1. The van der Waals surface area contributed by atoms with Gasteiger partial charge in [-0.2, -0.15) is 0 Å². The van der Waals surface area contributed by atoms with Crippen LogP contribution in [-0.2, 0) is 4.74 Å². The Morgan fingerprint density at radius 2 is 2.17 bits per heavy atom. The van der Waals surface area contributed by atoms with E-state index in [0.717, 1.165) is 5.69 Å². The summed E-state index contributed by atoms with van der Waals surface area (Å²) in [7, 11) is 1.58. The zero-order chi connectivity index (χ0) is 13.4. The Hall–Kier alpha value is -2.02. The second-order valence-electron chi connectivity index (χ2n) is 3.16. The van der Waals surface area contributed by atoms with E-state index in [1.54, 1.807) is 20.1 Å². The first-order valence-corrected chi connectivity index (χ1v) is 5.70. The lowest BCUT2D eigenvalue weighted by molar-refractivity contribution is 0.150. The minimum atomic E-state index is -0.590. The molecule has 0 heterocycles. The van der Waals surface area contributed by atoms with E-state index in [4.69, 9.17) is 17.0 Å². The molecule has 7 heteroatoms. The molecule has 0 saturated carbocycles. The van der Waals surface area contributed by atoms with Gasteiger partial charge in [-0.15, -0.1) is 0 Å². The fourth-order valence-corrected chi connectivity index (χ4v) is 1.31. The maximum atomic E-state index is 11.0. The summed E-state index contributed by atoms with van der Waals surface area (Å²) in [5, 5.41) is 3.13. The van der Waals surface area contributed by atoms with Crippen LogP contribution in [0.25, 0.3) is 0 Å². The molecule has 0 aliphatic carbocycles. The summed E-state index contributed by atoms with van der Waals surface area (Å²) in [5.41, 5.74) is 5.54. The number of benzene rings is 1. The Bertz CT molecular complexity index is 426. The highest BCUT2D eigenvalue weighted by molar-refractivity contribution is 7.80. The van der Waals surface area contributed by atoms with Crippen LogP contribution in [0.3, 0.4) is 0 Å². The van der Waals surface area contributed by atoms with E-state index in [0.29, 0.717) is 12.4 Å². The summed E-state index contributed by atoms with van der Waals surface area (Å²) in [4.78, 5) is 11.0. The number of methoxy groups -OCH3 is 1. The number of rotatable bonds is 3. The SMILES string of the molecule is CCOC(=O)NNC(=S)Nc1cccc(OC)c1. The van der Waals surface area contributed by atoms with E-state index in [2.05, 4.69) is 20.9 Å². The predicted octanol–water partition coefficient (Wildman–Crippen LogP) is 1.64. The summed E-state index contributed by atoms with van der Waals surface area (Å²) in [5.74, 6) is 0.709. The summed E-state index contributed by atoms with van der Waals surface area (Å²) < 4.78 is 9.73. The molecule has 6 nitrogen and oxygen atoms in total. The van der Waals surface area contributed by atoms with Gasteiger partial charge in [0, 0.05) is 11.8 Å². The van der Waals surface area contributed by atoms with Gasteiger partial charge >= 0.3 is 6.09 Å². The molecule has 1 amide bonds. The monoisotopic (exact) mass is 269 g/mol. The first-order valence-electron chi connectivity index (χ1n) is 5.29. The lowest BCUT2D eigenvalue weighted by atomic mass is 10.3. The zero-order valence-corrected chi connectivity index (χ0v) is 11.0. The maximum absolute atomic E-state index is 11.0. The van der Waals surface area contributed by atoms with E-state index in [9.17, 15) is 4.79 Å². The van der Waals surface area contributed by atoms with Gasteiger partial charge in [-0.3, -0.25) is 5.43 Å². The zero-order valence-electron chi connectivity index (χ0n) is 10.1. The summed E-state index contributed by atoms with van der Waals surface area (Å²) >= 11 is 4.98. The van der Waals surface area contributed by atoms with E-state index in [1.165, 1.54) is 0 Å². The van der Waals surface area contributed by atoms with Crippen LogP contribution in [0.5, 0.6) is 5.75 Å². The van der Waals surface area contributed by atoms with Crippen molar-refractivity contribution in [2.45, 2.75) is 6.92 Å². The van der Waals surface area contributed by atoms with Crippen molar-refractivity contribution < 1.29 is 14.3 Å². The van der Waals surface area contributed by atoms with Gasteiger partial charge in [0.05, 0.1) is 13.7 Å². The van der Waals surface area contributed by atoms with Gasteiger partial charge in [0.2, 0.25) is 0 Å². The third kappa shape index (κ3) is 4.88. The third-order valence-corrected chi connectivity index (χ3v) is 2.09. The van der Waals surface area contributed by atoms with Gasteiger partial charge in [-0.1, -0.05) is 6.07 Å². The molecule has 0 aromatic heterocycles. The second kappa shape index (κ2) is 7.33. The quantitative estimate of drug-likeness (QED) is 0.572. The first kappa shape index (κ1) is 14.0. The summed E-state index contributed by atoms with van der Waals surface area (Å²) in [6, 6.07) is 7.24.